The molecule has 1 aliphatic carbocycles. The minimum atomic E-state index is -4.52. The van der Waals surface area contributed by atoms with Gasteiger partial charge in [0.1, 0.15) is 11.3 Å². The second-order valence-electron chi connectivity index (χ2n) is 5.45. The highest BCUT2D eigenvalue weighted by Crippen LogP contribution is 2.34. The molecule has 2 aromatic rings. The number of aryl methyl sites for hydroxylation is 1. The Hall–Kier alpha value is -2.64. The van der Waals surface area contributed by atoms with Gasteiger partial charge in [-0.3, -0.25) is 0 Å². The average molecular weight is 338 g/mol. The van der Waals surface area contributed by atoms with E-state index in [1.807, 2.05) is 0 Å². The highest BCUT2D eigenvalue weighted by Gasteiger charge is 2.31. The van der Waals surface area contributed by atoms with Gasteiger partial charge in [0.15, 0.2) is 0 Å². The highest BCUT2D eigenvalue weighted by molar-refractivity contribution is 5.92. The van der Waals surface area contributed by atoms with E-state index in [1.165, 1.54) is 12.1 Å². The first kappa shape index (κ1) is 16.2. The average Bonchev–Trinajstić information content (AvgIpc) is 2.53. The van der Waals surface area contributed by atoms with E-state index in [2.05, 4.69) is 10.2 Å². The van der Waals surface area contributed by atoms with Crippen LogP contribution in [0.15, 0.2) is 24.3 Å². The van der Waals surface area contributed by atoms with Crippen molar-refractivity contribution < 1.29 is 27.8 Å². The van der Waals surface area contributed by atoms with Crippen LogP contribution in [0.4, 0.5) is 13.2 Å². The summed E-state index contributed by atoms with van der Waals surface area (Å²) in [6, 6.07) is 4.20. The molecule has 0 aliphatic heterocycles. The molecule has 0 fully saturated rings. The number of hydrogen-bond acceptors (Lipinski definition) is 4. The molecule has 0 saturated heterocycles. The Kier molecular flexibility index (Phi) is 4.13. The zero-order chi connectivity index (χ0) is 17.3. The van der Waals surface area contributed by atoms with Crippen molar-refractivity contribution in [2.24, 2.45) is 0 Å². The standard InChI is InChI=1S/C16H13F3N2O3/c17-16(18,19)9-4-3-5-10(8-9)24-14-13(15(22)23)11-6-1-2-7-12(11)20-21-14/h3-5,8H,1-2,6-7H2,(H,22,23). The van der Waals surface area contributed by atoms with Crippen LogP contribution in [-0.2, 0) is 19.0 Å². The van der Waals surface area contributed by atoms with Gasteiger partial charge in [0.05, 0.1) is 11.3 Å². The van der Waals surface area contributed by atoms with Gasteiger partial charge in [-0.25, -0.2) is 4.79 Å². The van der Waals surface area contributed by atoms with Crippen molar-refractivity contribution in [1.29, 1.82) is 0 Å². The van der Waals surface area contributed by atoms with Crippen molar-refractivity contribution >= 4 is 5.97 Å². The number of nitrogens with zero attached hydrogens (tertiary/aromatic N) is 2. The van der Waals surface area contributed by atoms with E-state index in [4.69, 9.17) is 4.74 Å². The quantitative estimate of drug-likeness (QED) is 0.920. The summed E-state index contributed by atoms with van der Waals surface area (Å²) in [5, 5.41) is 17.2. The van der Waals surface area contributed by atoms with Crippen LogP contribution in [0.3, 0.4) is 0 Å². The third-order valence-electron chi connectivity index (χ3n) is 3.81. The SMILES string of the molecule is O=C(O)c1c(Oc2cccc(C(F)(F)F)c2)nnc2c1CCCC2. The van der Waals surface area contributed by atoms with E-state index >= 15 is 0 Å². The Morgan fingerprint density at radius 3 is 2.62 bits per heavy atom. The first-order valence-electron chi connectivity index (χ1n) is 7.33. The molecule has 1 heterocycles. The molecule has 3 rings (SSSR count). The Bertz CT molecular complexity index is 791. The van der Waals surface area contributed by atoms with Gasteiger partial charge >= 0.3 is 12.1 Å². The van der Waals surface area contributed by atoms with Crippen LogP contribution in [0, 0.1) is 0 Å². The largest absolute Gasteiger partial charge is 0.477 e. The number of ether oxygens (including phenoxy) is 1. The predicted octanol–water partition coefficient (Wildman–Crippen LogP) is 3.86. The molecule has 0 unspecified atom stereocenters. The minimum Gasteiger partial charge on any atom is -0.477 e. The van der Waals surface area contributed by atoms with E-state index < -0.39 is 17.7 Å². The van der Waals surface area contributed by atoms with Gasteiger partial charge in [-0.15, -0.1) is 5.10 Å². The maximum atomic E-state index is 12.8. The van der Waals surface area contributed by atoms with Crippen molar-refractivity contribution in [2.75, 3.05) is 0 Å². The van der Waals surface area contributed by atoms with E-state index in [0.717, 1.165) is 25.0 Å². The fourth-order valence-corrected chi connectivity index (χ4v) is 2.69. The highest BCUT2D eigenvalue weighted by atomic mass is 19.4. The van der Waals surface area contributed by atoms with E-state index in [1.54, 1.807) is 0 Å². The summed E-state index contributed by atoms with van der Waals surface area (Å²) >= 11 is 0. The maximum Gasteiger partial charge on any atom is 0.416 e. The summed E-state index contributed by atoms with van der Waals surface area (Å²) in [5.41, 5.74) is 0.140. The molecular formula is C16H13F3N2O3. The molecular weight excluding hydrogens is 325 g/mol. The second-order valence-corrected chi connectivity index (χ2v) is 5.45. The van der Waals surface area contributed by atoms with Crippen molar-refractivity contribution in [1.82, 2.24) is 10.2 Å². The lowest BCUT2D eigenvalue weighted by Crippen LogP contribution is -2.15. The van der Waals surface area contributed by atoms with Crippen LogP contribution in [0.25, 0.3) is 0 Å². The maximum absolute atomic E-state index is 12.8. The number of aromatic nitrogens is 2. The van der Waals surface area contributed by atoms with Gasteiger partial charge in [0.2, 0.25) is 0 Å². The van der Waals surface area contributed by atoms with Crippen LogP contribution < -0.4 is 4.74 Å². The molecule has 0 atom stereocenters. The van der Waals surface area contributed by atoms with E-state index in [0.29, 0.717) is 24.1 Å². The van der Waals surface area contributed by atoms with Crippen LogP contribution in [0.1, 0.15) is 40.0 Å². The number of benzene rings is 1. The Balaban J connectivity index is 2.00. The van der Waals surface area contributed by atoms with Crippen LogP contribution in [-0.4, -0.2) is 21.3 Å². The number of alkyl halides is 3. The molecule has 0 saturated carbocycles. The molecule has 0 spiro atoms. The first-order chi connectivity index (χ1) is 11.4. The number of aromatic carboxylic acids is 1. The molecule has 1 aromatic carbocycles. The lowest BCUT2D eigenvalue weighted by atomic mass is 9.93. The molecule has 8 heteroatoms. The van der Waals surface area contributed by atoms with Gasteiger partial charge < -0.3 is 9.84 Å². The third-order valence-corrected chi connectivity index (χ3v) is 3.81. The molecule has 24 heavy (non-hydrogen) atoms. The molecule has 0 amide bonds. The van der Waals surface area contributed by atoms with E-state index in [-0.39, 0.29) is 17.2 Å². The van der Waals surface area contributed by atoms with Gasteiger partial charge in [0.25, 0.3) is 5.88 Å². The van der Waals surface area contributed by atoms with Crippen LogP contribution in [0.5, 0.6) is 11.6 Å². The number of rotatable bonds is 3. The number of halogens is 3. The monoisotopic (exact) mass is 338 g/mol. The number of carboxylic acids is 1. The van der Waals surface area contributed by atoms with Crippen molar-refractivity contribution in [3.05, 3.63) is 46.6 Å². The normalized spacial score (nSPS) is 14.1. The molecule has 5 nitrogen and oxygen atoms in total. The first-order valence-corrected chi connectivity index (χ1v) is 7.33. The fraction of sp³-hybridized carbons (Fsp3) is 0.312. The topological polar surface area (TPSA) is 72.3 Å². The summed E-state index contributed by atoms with van der Waals surface area (Å²) in [7, 11) is 0. The number of hydrogen-bond donors (Lipinski definition) is 1. The van der Waals surface area contributed by atoms with Crippen molar-refractivity contribution in [3.8, 4) is 11.6 Å². The third kappa shape index (κ3) is 3.17. The van der Waals surface area contributed by atoms with Crippen LogP contribution in [0.2, 0.25) is 0 Å². The van der Waals surface area contributed by atoms with Crippen molar-refractivity contribution in [3.63, 3.8) is 0 Å². The second kappa shape index (κ2) is 6.10. The van der Waals surface area contributed by atoms with Gasteiger partial charge in [-0.05, 0) is 49.4 Å². The summed E-state index contributed by atoms with van der Waals surface area (Å²) < 4.78 is 43.6. The molecule has 0 radical (unpaired) electrons. The fourth-order valence-electron chi connectivity index (χ4n) is 2.69. The number of fused-ring (bicyclic) bond motifs is 1. The smallest absolute Gasteiger partial charge is 0.416 e. The molecule has 1 aliphatic rings. The lowest BCUT2D eigenvalue weighted by Gasteiger charge is -2.18. The molecule has 1 aromatic heterocycles. The summed E-state index contributed by atoms with van der Waals surface area (Å²) in [4.78, 5) is 11.6. The predicted molar refractivity (Wildman–Crippen MR) is 77.2 cm³/mol. The Labute approximate surface area is 135 Å². The van der Waals surface area contributed by atoms with Gasteiger partial charge in [-0.1, -0.05) is 6.07 Å². The Morgan fingerprint density at radius 2 is 1.92 bits per heavy atom. The van der Waals surface area contributed by atoms with Gasteiger partial charge in [0, 0.05) is 0 Å². The molecule has 0 bridgehead atoms. The summed E-state index contributed by atoms with van der Waals surface area (Å²) in [6.45, 7) is 0. The van der Waals surface area contributed by atoms with Crippen molar-refractivity contribution in [2.45, 2.75) is 31.9 Å². The minimum absolute atomic E-state index is 0.128. The lowest BCUT2D eigenvalue weighted by molar-refractivity contribution is -0.137. The number of carbonyl (C=O) groups is 1. The molecule has 126 valence electrons. The number of carboxylic acid groups (broad SMARTS) is 1. The summed E-state index contributed by atoms with van der Waals surface area (Å²) in [6.07, 6.45) is -1.63. The zero-order valence-corrected chi connectivity index (χ0v) is 12.4. The molecule has 1 N–H and O–H groups in total. The van der Waals surface area contributed by atoms with Crippen LogP contribution >= 0.6 is 0 Å². The zero-order valence-electron chi connectivity index (χ0n) is 12.4. The Morgan fingerprint density at radius 1 is 1.17 bits per heavy atom. The summed E-state index contributed by atoms with van der Waals surface area (Å²) in [5.74, 6) is -1.66. The van der Waals surface area contributed by atoms with Gasteiger partial charge in [-0.2, -0.15) is 18.3 Å². The van der Waals surface area contributed by atoms with E-state index in [9.17, 15) is 23.1 Å².